The fourth-order valence-corrected chi connectivity index (χ4v) is 6.40. The highest BCUT2D eigenvalue weighted by Crippen LogP contribution is 2.34. The van der Waals surface area contributed by atoms with Crippen molar-refractivity contribution in [3.05, 3.63) is 18.2 Å². The molecule has 0 aromatic heterocycles. The normalized spacial score (nSPS) is 21.9. The van der Waals surface area contributed by atoms with Crippen molar-refractivity contribution in [2.75, 3.05) is 24.2 Å². The molecule has 9 heteroatoms. The minimum absolute atomic E-state index is 0.0671. The molecular weight excluding hydrogens is 398 g/mol. The molecule has 152 valence electrons. The van der Waals surface area contributed by atoms with E-state index in [2.05, 4.69) is 10.6 Å². The zero-order valence-corrected chi connectivity index (χ0v) is 17.3. The Kier molecular flexibility index (Phi) is 5.66. The molecule has 0 atom stereocenters. The van der Waals surface area contributed by atoms with Crippen LogP contribution in [0, 0.1) is 5.92 Å². The van der Waals surface area contributed by atoms with Crippen LogP contribution in [0.5, 0.6) is 0 Å². The summed E-state index contributed by atoms with van der Waals surface area (Å²) in [6.45, 7) is 0.673. The molecule has 2 amide bonds. The fourth-order valence-electron chi connectivity index (χ4n) is 4.12. The molecular formula is C19H25N3O4S2. The van der Waals surface area contributed by atoms with Crippen LogP contribution in [0.1, 0.15) is 38.5 Å². The molecule has 0 unspecified atom stereocenters. The van der Waals surface area contributed by atoms with Crippen molar-refractivity contribution >= 4 is 39.3 Å². The molecule has 7 nitrogen and oxygen atoms in total. The highest BCUT2D eigenvalue weighted by Gasteiger charge is 2.33. The third-order valence-corrected chi connectivity index (χ3v) is 8.72. The molecule has 1 aliphatic carbocycles. The van der Waals surface area contributed by atoms with Gasteiger partial charge in [0.2, 0.25) is 21.8 Å². The van der Waals surface area contributed by atoms with E-state index in [-0.39, 0.29) is 28.7 Å². The lowest BCUT2D eigenvalue weighted by Gasteiger charge is -2.31. The molecule has 1 saturated heterocycles. The van der Waals surface area contributed by atoms with Gasteiger partial charge in [0.15, 0.2) is 0 Å². The lowest BCUT2D eigenvalue weighted by atomic mass is 9.97. The van der Waals surface area contributed by atoms with E-state index < -0.39 is 10.0 Å². The van der Waals surface area contributed by atoms with E-state index in [1.54, 1.807) is 12.1 Å². The van der Waals surface area contributed by atoms with Gasteiger partial charge >= 0.3 is 0 Å². The van der Waals surface area contributed by atoms with Gasteiger partial charge in [-0.05, 0) is 43.9 Å². The summed E-state index contributed by atoms with van der Waals surface area (Å²) in [6, 6.07) is 5.16. The fraction of sp³-hybridized carbons (Fsp3) is 0.579. The molecule has 0 radical (unpaired) electrons. The minimum Gasteiger partial charge on any atom is -0.353 e. The Hall–Kier alpha value is -1.58. The molecule has 0 bridgehead atoms. The van der Waals surface area contributed by atoms with Crippen molar-refractivity contribution in [1.82, 2.24) is 9.62 Å². The summed E-state index contributed by atoms with van der Waals surface area (Å²) in [5, 5.41) is 5.86. The quantitative estimate of drug-likeness (QED) is 0.774. The summed E-state index contributed by atoms with van der Waals surface area (Å²) in [7, 11) is -3.64. The van der Waals surface area contributed by atoms with Gasteiger partial charge < -0.3 is 10.6 Å². The van der Waals surface area contributed by atoms with Crippen molar-refractivity contribution in [2.24, 2.45) is 5.92 Å². The Morgan fingerprint density at radius 2 is 1.86 bits per heavy atom. The SMILES string of the molecule is O=C1CSc2ccc(S(=O)(=O)N3CCC(C(=O)NC4CCCC4)CC3)cc2N1. The molecule has 1 aromatic rings. The van der Waals surface area contributed by atoms with E-state index in [9.17, 15) is 18.0 Å². The Morgan fingerprint density at radius 3 is 2.57 bits per heavy atom. The molecule has 2 aliphatic heterocycles. The summed E-state index contributed by atoms with van der Waals surface area (Å²) in [5.41, 5.74) is 0.549. The molecule has 2 heterocycles. The molecule has 0 spiro atoms. The number of piperidine rings is 1. The van der Waals surface area contributed by atoms with Gasteiger partial charge in [0, 0.05) is 29.9 Å². The summed E-state index contributed by atoms with van der Waals surface area (Å²) >= 11 is 1.40. The van der Waals surface area contributed by atoms with E-state index in [4.69, 9.17) is 0 Å². The van der Waals surface area contributed by atoms with Gasteiger partial charge in [0.25, 0.3) is 0 Å². The Bertz CT molecular complexity index is 873. The second-order valence-corrected chi connectivity index (χ2v) is 10.6. The Labute approximate surface area is 169 Å². The highest BCUT2D eigenvalue weighted by atomic mass is 32.2. The Balaban J connectivity index is 1.40. The van der Waals surface area contributed by atoms with Crippen LogP contribution in [-0.4, -0.2) is 49.4 Å². The third-order valence-electron chi connectivity index (χ3n) is 5.75. The number of thioether (sulfide) groups is 1. The van der Waals surface area contributed by atoms with E-state index in [0.717, 1.165) is 17.7 Å². The van der Waals surface area contributed by atoms with Gasteiger partial charge in [-0.1, -0.05) is 12.8 Å². The second kappa shape index (κ2) is 8.04. The summed E-state index contributed by atoms with van der Waals surface area (Å²) in [6.07, 6.45) is 5.51. The molecule has 1 saturated carbocycles. The van der Waals surface area contributed by atoms with Gasteiger partial charge in [-0.15, -0.1) is 11.8 Å². The van der Waals surface area contributed by atoms with Crippen molar-refractivity contribution in [1.29, 1.82) is 0 Å². The maximum Gasteiger partial charge on any atom is 0.243 e. The highest BCUT2D eigenvalue weighted by molar-refractivity contribution is 8.00. The van der Waals surface area contributed by atoms with Crippen molar-refractivity contribution in [3.63, 3.8) is 0 Å². The minimum atomic E-state index is -3.64. The summed E-state index contributed by atoms with van der Waals surface area (Å²) < 4.78 is 27.5. The van der Waals surface area contributed by atoms with Crippen LogP contribution in [0.25, 0.3) is 0 Å². The second-order valence-electron chi connectivity index (χ2n) is 7.66. The predicted molar refractivity (Wildman–Crippen MR) is 108 cm³/mol. The van der Waals surface area contributed by atoms with Crippen LogP contribution in [0.2, 0.25) is 0 Å². The zero-order chi connectivity index (χ0) is 19.7. The number of amides is 2. The van der Waals surface area contributed by atoms with Gasteiger partial charge in [-0.2, -0.15) is 4.31 Å². The number of hydrogen-bond donors (Lipinski definition) is 2. The number of benzene rings is 1. The van der Waals surface area contributed by atoms with E-state index in [1.807, 2.05) is 0 Å². The van der Waals surface area contributed by atoms with Gasteiger partial charge in [-0.3, -0.25) is 9.59 Å². The first kappa shape index (κ1) is 19.7. The number of anilines is 1. The van der Waals surface area contributed by atoms with Crippen LogP contribution >= 0.6 is 11.8 Å². The summed E-state index contributed by atoms with van der Waals surface area (Å²) in [4.78, 5) is 25.1. The lowest BCUT2D eigenvalue weighted by Crippen LogP contribution is -2.44. The summed E-state index contributed by atoms with van der Waals surface area (Å²) in [5.74, 6) is 0.167. The van der Waals surface area contributed by atoms with Gasteiger partial charge in [0.1, 0.15) is 0 Å². The van der Waals surface area contributed by atoms with Crippen LogP contribution in [-0.2, 0) is 19.6 Å². The third kappa shape index (κ3) is 4.06. The van der Waals surface area contributed by atoms with E-state index in [0.29, 0.717) is 37.4 Å². The molecule has 2 N–H and O–H groups in total. The average Bonchev–Trinajstić information content (AvgIpc) is 3.20. The first-order chi connectivity index (χ1) is 13.4. The predicted octanol–water partition coefficient (Wildman–Crippen LogP) is 2.19. The zero-order valence-electron chi connectivity index (χ0n) is 15.6. The number of fused-ring (bicyclic) bond motifs is 1. The number of nitrogens with zero attached hydrogens (tertiary/aromatic N) is 1. The number of carbonyl (C=O) groups is 2. The molecule has 1 aromatic carbocycles. The average molecular weight is 424 g/mol. The monoisotopic (exact) mass is 423 g/mol. The number of sulfonamides is 1. The molecule has 28 heavy (non-hydrogen) atoms. The van der Waals surface area contributed by atoms with Crippen molar-refractivity contribution in [3.8, 4) is 0 Å². The number of nitrogens with one attached hydrogen (secondary N) is 2. The van der Waals surface area contributed by atoms with Crippen LogP contribution in [0.15, 0.2) is 28.0 Å². The maximum atomic E-state index is 13.0. The van der Waals surface area contributed by atoms with Crippen LogP contribution < -0.4 is 10.6 Å². The van der Waals surface area contributed by atoms with Crippen molar-refractivity contribution < 1.29 is 18.0 Å². The van der Waals surface area contributed by atoms with Crippen molar-refractivity contribution in [2.45, 2.75) is 54.4 Å². The first-order valence-electron chi connectivity index (χ1n) is 9.81. The van der Waals surface area contributed by atoms with E-state index >= 15 is 0 Å². The smallest absolute Gasteiger partial charge is 0.243 e. The largest absolute Gasteiger partial charge is 0.353 e. The number of hydrogen-bond acceptors (Lipinski definition) is 5. The van der Waals surface area contributed by atoms with Crippen LogP contribution in [0.3, 0.4) is 0 Å². The first-order valence-corrected chi connectivity index (χ1v) is 12.2. The molecule has 3 aliphatic rings. The van der Waals surface area contributed by atoms with Crippen LogP contribution in [0.4, 0.5) is 5.69 Å². The maximum absolute atomic E-state index is 13.0. The Morgan fingerprint density at radius 1 is 1.14 bits per heavy atom. The van der Waals surface area contributed by atoms with E-state index in [1.165, 1.54) is 35.0 Å². The number of rotatable bonds is 4. The van der Waals surface area contributed by atoms with Gasteiger partial charge in [-0.25, -0.2) is 8.42 Å². The van der Waals surface area contributed by atoms with Gasteiger partial charge in [0.05, 0.1) is 16.3 Å². The molecule has 2 fully saturated rings. The molecule has 4 rings (SSSR count). The number of carbonyl (C=O) groups excluding carboxylic acids is 2. The topological polar surface area (TPSA) is 95.6 Å². The standard InChI is InChI=1S/C19H25N3O4S2/c23-18-12-27-17-6-5-15(11-16(17)21-18)28(25,26)22-9-7-13(8-10-22)19(24)20-14-3-1-2-4-14/h5-6,11,13-14H,1-4,7-10,12H2,(H,20,24)(H,21,23). The lowest BCUT2D eigenvalue weighted by molar-refractivity contribution is -0.126.